The highest BCUT2D eigenvalue weighted by molar-refractivity contribution is 5.85. The van der Waals surface area contributed by atoms with Crippen LogP contribution < -0.4 is 5.32 Å². The molecule has 0 fully saturated rings. The van der Waals surface area contributed by atoms with Gasteiger partial charge in [-0.15, -0.1) is 12.4 Å². The van der Waals surface area contributed by atoms with E-state index in [1.807, 2.05) is 0 Å². The Morgan fingerprint density at radius 2 is 2.06 bits per heavy atom. The first-order valence-corrected chi connectivity index (χ1v) is 4.25. The number of nitrogens with one attached hydrogen (secondary N) is 1. The van der Waals surface area contributed by atoms with Crippen molar-refractivity contribution in [1.82, 2.24) is 0 Å². The van der Waals surface area contributed by atoms with Gasteiger partial charge in [0, 0.05) is 6.07 Å². The number of carboxylic acids is 1. The number of carboxylic acid groups (broad SMARTS) is 1. The number of anilines is 1. The lowest BCUT2D eigenvalue weighted by atomic mass is 10.2. The summed E-state index contributed by atoms with van der Waals surface area (Å²) in [6, 6.07) is 5.04. The van der Waals surface area contributed by atoms with Crippen LogP contribution in [0.5, 0.6) is 0 Å². The molecule has 1 aromatic rings. The molecule has 0 saturated heterocycles. The molecule has 0 bridgehead atoms. The van der Waals surface area contributed by atoms with Gasteiger partial charge >= 0.3 is 5.97 Å². The van der Waals surface area contributed by atoms with E-state index in [9.17, 15) is 14.9 Å². The average Bonchev–Trinajstić information content (AvgIpc) is 2.18. The maximum Gasteiger partial charge on any atom is 0.325 e. The Bertz CT molecular complexity index is 397. The molecule has 0 unspecified atom stereocenters. The molecule has 16 heavy (non-hydrogen) atoms. The summed E-state index contributed by atoms with van der Waals surface area (Å²) in [5.41, 5.74) is 0.0722. The number of para-hydroxylation sites is 2. The van der Waals surface area contributed by atoms with Crippen LogP contribution in [-0.4, -0.2) is 22.0 Å². The standard InChI is InChI=1S/C9H10N2O4.ClH/c1-6(9(12)13)10-7-4-2-3-5-8(7)11(14)15;/h2-6,10H,1H3,(H,12,13);1H/t6-;/m0./s1. The fourth-order valence-corrected chi connectivity index (χ4v) is 1.05. The summed E-state index contributed by atoms with van der Waals surface area (Å²) < 4.78 is 0. The lowest BCUT2D eigenvalue weighted by Gasteiger charge is -2.10. The largest absolute Gasteiger partial charge is 0.480 e. The Kier molecular flexibility index (Phi) is 5.24. The van der Waals surface area contributed by atoms with Crippen LogP contribution in [0.3, 0.4) is 0 Å². The Morgan fingerprint density at radius 1 is 1.50 bits per heavy atom. The molecule has 88 valence electrons. The van der Waals surface area contributed by atoms with Gasteiger partial charge in [-0.1, -0.05) is 12.1 Å². The maximum atomic E-state index is 10.6. The number of aliphatic carboxylic acids is 1. The summed E-state index contributed by atoms with van der Waals surface area (Å²) in [6.07, 6.45) is 0. The van der Waals surface area contributed by atoms with Crippen molar-refractivity contribution in [3.63, 3.8) is 0 Å². The van der Waals surface area contributed by atoms with Crippen LogP contribution in [0.15, 0.2) is 24.3 Å². The summed E-state index contributed by atoms with van der Waals surface area (Å²) in [5.74, 6) is -1.06. The molecule has 0 aliphatic heterocycles. The Labute approximate surface area is 97.8 Å². The fraction of sp³-hybridized carbons (Fsp3) is 0.222. The van der Waals surface area contributed by atoms with Gasteiger partial charge in [-0.25, -0.2) is 0 Å². The third-order valence-corrected chi connectivity index (χ3v) is 1.84. The molecule has 0 aliphatic carbocycles. The van der Waals surface area contributed by atoms with Crippen LogP contribution >= 0.6 is 12.4 Å². The highest BCUT2D eigenvalue weighted by atomic mass is 35.5. The summed E-state index contributed by atoms with van der Waals surface area (Å²) >= 11 is 0. The molecule has 0 radical (unpaired) electrons. The predicted octanol–water partition coefficient (Wildman–Crippen LogP) is 1.90. The van der Waals surface area contributed by atoms with E-state index in [1.165, 1.54) is 25.1 Å². The number of hydrogen-bond donors (Lipinski definition) is 2. The maximum absolute atomic E-state index is 10.6. The highest BCUT2D eigenvalue weighted by Gasteiger charge is 2.17. The van der Waals surface area contributed by atoms with Crippen molar-refractivity contribution in [2.75, 3.05) is 5.32 Å². The minimum absolute atomic E-state index is 0. The van der Waals surface area contributed by atoms with E-state index in [0.717, 1.165) is 0 Å². The normalized spacial score (nSPS) is 11.1. The minimum Gasteiger partial charge on any atom is -0.480 e. The van der Waals surface area contributed by atoms with E-state index in [1.54, 1.807) is 6.07 Å². The lowest BCUT2D eigenvalue weighted by molar-refractivity contribution is -0.384. The van der Waals surface area contributed by atoms with Crippen molar-refractivity contribution in [3.8, 4) is 0 Å². The van der Waals surface area contributed by atoms with Gasteiger partial charge < -0.3 is 10.4 Å². The van der Waals surface area contributed by atoms with Crippen LogP contribution in [0.4, 0.5) is 11.4 Å². The quantitative estimate of drug-likeness (QED) is 0.625. The van der Waals surface area contributed by atoms with Gasteiger partial charge in [0.2, 0.25) is 0 Å². The van der Waals surface area contributed by atoms with Crippen molar-refractivity contribution in [3.05, 3.63) is 34.4 Å². The lowest BCUT2D eigenvalue weighted by Crippen LogP contribution is -2.25. The molecule has 7 heteroatoms. The topological polar surface area (TPSA) is 92.5 Å². The van der Waals surface area contributed by atoms with E-state index < -0.39 is 16.9 Å². The first kappa shape index (κ1) is 14.2. The van der Waals surface area contributed by atoms with Crippen molar-refractivity contribution in [2.24, 2.45) is 0 Å². The van der Waals surface area contributed by atoms with Gasteiger partial charge in [0.05, 0.1) is 4.92 Å². The summed E-state index contributed by atoms with van der Waals surface area (Å²) in [4.78, 5) is 20.6. The molecule has 0 amide bonds. The zero-order valence-electron chi connectivity index (χ0n) is 8.41. The van der Waals surface area contributed by atoms with E-state index in [4.69, 9.17) is 5.11 Å². The molecule has 1 aromatic carbocycles. The molecule has 0 spiro atoms. The molecule has 0 aromatic heterocycles. The van der Waals surface area contributed by atoms with E-state index in [0.29, 0.717) is 0 Å². The van der Waals surface area contributed by atoms with Gasteiger partial charge in [0.1, 0.15) is 11.7 Å². The predicted molar refractivity (Wildman–Crippen MR) is 61.1 cm³/mol. The van der Waals surface area contributed by atoms with Gasteiger partial charge in [0.25, 0.3) is 5.69 Å². The smallest absolute Gasteiger partial charge is 0.325 e. The molecule has 0 heterocycles. The second-order valence-electron chi connectivity index (χ2n) is 2.98. The van der Waals surface area contributed by atoms with Crippen LogP contribution in [0.25, 0.3) is 0 Å². The number of hydrogen-bond acceptors (Lipinski definition) is 4. The first-order chi connectivity index (χ1) is 7.02. The summed E-state index contributed by atoms with van der Waals surface area (Å²) in [7, 11) is 0. The van der Waals surface area contributed by atoms with Crippen molar-refractivity contribution in [1.29, 1.82) is 0 Å². The third kappa shape index (κ3) is 3.39. The van der Waals surface area contributed by atoms with Crippen LogP contribution in [0, 0.1) is 10.1 Å². The second-order valence-corrected chi connectivity index (χ2v) is 2.98. The number of halogens is 1. The second kappa shape index (κ2) is 5.92. The SMILES string of the molecule is C[C@H](Nc1ccccc1[N+](=O)[O-])C(=O)O.Cl. The number of nitro groups is 1. The molecule has 0 saturated carbocycles. The van der Waals surface area contributed by atoms with Crippen molar-refractivity contribution in [2.45, 2.75) is 13.0 Å². The van der Waals surface area contributed by atoms with Crippen molar-refractivity contribution >= 4 is 29.8 Å². The Hall–Kier alpha value is -1.82. The number of benzene rings is 1. The summed E-state index contributed by atoms with van der Waals surface area (Å²) in [5, 5.41) is 21.8. The molecule has 1 atom stereocenters. The Balaban J connectivity index is 0.00000225. The molecule has 6 nitrogen and oxygen atoms in total. The average molecular weight is 247 g/mol. The van der Waals surface area contributed by atoms with E-state index >= 15 is 0 Å². The first-order valence-electron chi connectivity index (χ1n) is 4.25. The fourth-order valence-electron chi connectivity index (χ4n) is 1.05. The minimum atomic E-state index is -1.06. The number of rotatable bonds is 4. The number of nitrogens with zero attached hydrogens (tertiary/aromatic N) is 1. The van der Waals surface area contributed by atoms with E-state index in [2.05, 4.69) is 5.32 Å². The molecule has 1 rings (SSSR count). The van der Waals surface area contributed by atoms with Gasteiger partial charge in [0.15, 0.2) is 0 Å². The monoisotopic (exact) mass is 246 g/mol. The molecular weight excluding hydrogens is 236 g/mol. The molecule has 2 N–H and O–H groups in total. The zero-order chi connectivity index (χ0) is 11.4. The Morgan fingerprint density at radius 3 is 2.56 bits per heavy atom. The highest BCUT2D eigenvalue weighted by Crippen LogP contribution is 2.23. The van der Waals surface area contributed by atoms with Gasteiger partial charge in [-0.2, -0.15) is 0 Å². The number of nitro benzene ring substituents is 1. The third-order valence-electron chi connectivity index (χ3n) is 1.84. The molecular formula is C9H11ClN2O4. The van der Waals surface area contributed by atoms with Gasteiger partial charge in [-0.3, -0.25) is 14.9 Å². The number of carbonyl (C=O) groups is 1. The van der Waals surface area contributed by atoms with Crippen LogP contribution in [0.1, 0.15) is 6.92 Å². The summed E-state index contributed by atoms with van der Waals surface area (Å²) in [6.45, 7) is 1.42. The van der Waals surface area contributed by atoms with Crippen LogP contribution in [-0.2, 0) is 4.79 Å². The molecule has 0 aliphatic rings. The van der Waals surface area contributed by atoms with E-state index in [-0.39, 0.29) is 23.8 Å². The van der Waals surface area contributed by atoms with Gasteiger partial charge in [-0.05, 0) is 13.0 Å². The zero-order valence-corrected chi connectivity index (χ0v) is 9.23. The van der Waals surface area contributed by atoms with Crippen molar-refractivity contribution < 1.29 is 14.8 Å². The van der Waals surface area contributed by atoms with Crippen LogP contribution in [0.2, 0.25) is 0 Å².